The first-order valence-electron chi connectivity index (χ1n) is 7.74. The fourth-order valence-corrected chi connectivity index (χ4v) is 2.00. The molecule has 0 saturated heterocycles. The number of nitrogens with zero attached hydrogens (tertiary/aromatic N) is 2. The first-order valence-corrected chi connectivity index (χ1v) is 7.74. The lowest BCUT2D eigenvalue weighted by atomic mass is 10.2. The Morgan fingerprint density at radius 3 is 2.43 bits per heavy atom. The smallest absolute Gasteiger partial charge is 0.317 e. The van der Waals surface area contributed by atoms with Crippen LogP contribution in [0.25, 0.3) is 0 Å². The van der Waals surface area contributed by atoms with Crippen LogP contribution in [-0.2, 0) is 6.54 Å². The third-order valence-electron chi connectivity index (χ3n) is 3.70. The molecule has 1 rings (SSSR count). The van der Waals surface area contributed by atoms with Gasteiger partial charge in [0.15, 0.2) is 0 Å². The molecule has 1 N–H and O–H groups in total. The summed E-state index contributed by atoms with van der Waals surface area (Å²) in [6.45, 7) is 6.85. The number of nitrogens with one attached hydrogen (secondary N) is 1. The molecule has 0 saturated carbocycles. The van der Waals surface area contributed by atoms with Crippen molar-refractivity contribution in [2.75, 3.05) is 27.2 Å². The van der Waals surface area contributed by atoms with Gasteiger partial charge in [0.1, 0.15) is 0 Å². The molecule has 0 heterocycles. The molecule has 0 aliphatic heterocycles. The van der Waals surface area contributed by atoms with Gasteiger partial charge in [-0.1, -0.05) is 30.3 Å². The van der Waals surface area contributed by atoms with E-state index in [4.69, 9.17) is 0 Å². The van der Waals surface area contributed by atoms with Crippen LogP contribution in [0.15, 0.2) is 30.3 Å². The van der Waals surface area contributed by atoms with Crippen LogP contribution in [0.2, 0.25) is 0 Å². The van der Waals surface area contributed by atoms with Crippen molar-refractivity contribution in [2.24, 2.45) is 0 Å². The molecule has 0 fully saturated rings. The summed E-state index contributed by atoms with van der Waals surface area (Å²) >= 11 is 0. The number of rotatable bonds is 8. The van der Waals surface area contributed by atoms with E-state index < -0.39 is 0 Å². The van der Waals surface area contributed by atoms with Gasteiger partial charge in [0.2, 0.25) is 0 Å². The Morgan fingerprint density at radius 1 is 1.14 bits per heavy atom. The second-order valence-electron chi connectivity index (χ2n) is 5.86. The van der Waals surface area contributed by atoms with Crippen LogP contribution in [0.3, 0.4) is 0 Å². The maximum atomic E-state index is 12.0. The normalized spacial score (nSPS) is 11.0. The molecule has 0 radical (unpaired) electrons. The Bertz CT molecular complexity index is 406. The highest BCUT2D eigenvalue weighted by Crippen LogP contribution is 2.03. The number of urea groups is 1. The van der Waals surface area contributed by atoms with Gasteiger partial charge in [0, 0.05) is 26.2 Å². The fraction of sp³-hybridized carbons (Fsp3) is 0.588. The number of unbranched alkanes of at least 4 members (excludes halogenated alkanes) is 1. The number of carbonyl (C=O) groups excluding carboxylic acids is 1. The van der Waals surface area contributed by atoms with Crippen LogP contribution in [0.1, 0.15) is 32.3 Å². The minimum Gasteiger partial charge on any atom is -0.338 e. The molecule has 1 aromatic carbocycles. The van der Waals surface area contributed by atoms with Gasteiger partial charge in [0.25, 0.3) is 0 Å². The number of hydrogen-bond acceptors (Lipinski definition) is 2. The predicted octanol–water partition coefficient (Wildman–Crippen LogP) is 2.95. The molecular formula is C17H29N3O. The second kappa shape index (κ2) is 9.40. The minimum atomic E-state index is -0.00364. The summed E-state index contributed by atoms with van der Waals surface area (Å²) in [5, 5.41) is 2.97. The van der Waals surface area contributed by atoms with Gasteiger partial charge >= 0.3 is 6.03 Å². The molecule has 0 bridgehead atoms. The van der Waals surface area contributed by atoms with Crippen molar-refractivity contribution in [3.63, 3.8) is 0 Å². The van der Waals surface area contributed by atoms with Gasteiger partial charge in [-0.15, -0.1) is 0 Å². The van der Waals surface area contributed by atoms with Crippen molar-refractivity contribution in [1.82, 2.24) is 15.1 Å². The molecule has 118 valence electrons. The van der Waals surface area contributed by atoms with Gasteiger partial charge in [-0.3, -0.25) is 0 Å². The van der Waals surface area contributed by atoms with E-state index in [1.165, 1.54) is 0 Å². The molecule has 0 unspecified atom stereocenters. The van der Waals surface area contributed by atoms with Crippen LogP contribution in [0, 0.1) is 0 Å². The Labute approximate surface area is 129 Å². The van der Waals surface area contributed by atoms with Gasteiger partial charge in [0.05, 0.1) is 0 Å². The van der Waals surface area contributed by atoms with E-state index in [0.29, 0.717) is 12.6 Å². The third-order valence-corrected chi connectivity index (χ3v) is 3.70. The Kier molecular flexibility index (Phi) is 7.83. The highest BCUT2D eigenvalue weighted by Gasteiger charge is 2.08. The molecule has 0 aliphatic rings. The van der Waals surface area contributed by atoms with Gasteiger partial charge in [-0.2, -0.15) is 0 Å². The van der Waals surface area contributed by atoms with E-state index in [9.17, 15) is 4.79 Å². The average molecular weight is 291 g/mol. The molecule has 0 atom stereocenters. The lowest BCUT2D eigenvalue weighted by Crippen LogP contribution is -2.37. The molecule has 4 heteroatoms. The van der Waals surface area contributed by atoms with Gasteiger partial charge in [-0.25, -0.2) is 4.79 Å². The van der Waals surface area contributed by atoms with E-state index in [1.54, 1.807) is 4.90 Å². The van der Waals surface area contributed by atoms with Crippen LogP contribution in [0.5, 0.6) is 0 Å². The van der Waals surface area contributed by atoms with Crippen LogP contribution < -0.4 is 5.32 Å². The zero-order valence-electron chi connectivity index (χ0n) is 13.8. The highest BCUT2D eigenvalue weighted by molar-refractivity contribution is 5.73. The summed E-state index contributed by atoms with van der Waals surface area (Å²) in [4.78, 5) is 16.0. The molecule has 0 aliphatic carbocycles. The highest BCUT2D eigenvalue weighted by atomic mass is 16.2. The Morgan fingerprint density at radius 2 is 1.81 bits per heavy atom. The van der Waals surface area contributed by atoms with E-state index in [-0.39, 0.29) is 6.03 Å². The van der Waals surface area contributed by atoms with Crippen molar-refractivity contribution in [1.29, 1.82) is 0 Å². The van der Waals surface area contributed by atoms with Crippen molar-refractivity contribution >= 4 is 6.03 Å². The van der Waals surface area contributed by atoms with Crippen LogP contribution in [-0.4, -0.2) is 49.1 Å². The third kappa shape index (κ3) is 7.14. The summed E-state index contributed by atoms with van der Waals surface area (Å²) in [7, 11) is 3.96. The molecule has 2 amide bonds. The summed E-state index contributed by atoms with van der Waals surface area (Å²) in [5.41, 5.74) is 1.15. The second-order valence-corrected chi connectivity index (χ2v) is 5.86. The van der Waals surface area contributed by atoms with Crippen molar-refractivity contribution in [3.8, 4) is 0 Å². The predicted molar refractivity (Wildman–Crippen MR) is 88.3 cm³/mol. The SMILES string of the molecule is CC(C)N(C)CCCCNC(=O)N(C)Cc1ccccc1. The fourth-order valence-electron chi connectivity index (χ4n) is 2.00. The van der Waals surface area contributed by atoms with E-state index in [1.807, 2.05) is 37.4 Å². The Hall–Kier alpha value is -1.55. The number of amides is 2. The van der Waals surface area contributed by atoms with Crippen LogP contribution in [0.4, 0.5) is 4.79 Å². The molecule has 21 heavy (non-hydrogen) atoms. The lowest BCUT2D eigenvalue weighted by molar-refractivity contribution is 0.206. The lowest BCUT2D eigenvalue weighted by Gasteiger charge is -2.21. The first-order chi connectivity index (χ1) is 10.0. The zero-order chi connectivity index (χ0) is 15.7. The number of benzene rings is 1. The van der Waals surface area contributed by atoms with Crippen molar-refractivity contribution in [2.45, 2.75) is 39.3 Å². The molecule has 4 nitrogen and oxygen atoms in total. The monoisotopic (exact) mass is 291 g/mol. The zero-order valence-corrected chi connectivity index (χ0v) is 13.8. The molecular weight excluding hydrogens is 262 g/mol. The van der Waals surface area contributed by atoms with Crippen molar-refractivity contribution in [3.05, 3.63) is 35.9 Å². The van der Waals surface area contributed by atoms with Gasteiger partial charge in [-0.05, 0) is 45.8 Å². The largest absolute Gasteiger partial charge is 0.338 e. The quantitative estimate of drug-likeness (QED) is 0.748. The minimum absolute atomic E-state index is 0.00364. The maximum Gasteiger partial charge on any atom is 0.317 e. The Balaban J connectivity index is 2.16. The number of hydrogen-bond donors (Lipinski definition) is 1. The summed E-state index contributed by atoms with van der Waals surface area (Å²) in [5.74, 6) is 0. The average Bonchev–Trinajstić information content (AvgIpc) is 2.47. The standard InChI is InChI=1S/C17H29N3O/c1-15(2)19(3)13-9-8-12-18-17(21)20(4)14-16-10-6-5-7-11-16/h5-7,10-11,15H,8-9,12-14H2,1-4H3,(H,18,21). The van der Waals surface area contributed by atoms with E-state index in [0.717, 1.165) is 31.5 Å². The topological polar surface area (TPSA) is 35.6 Å². The summed E-state index contributed by atoms with van der Waals surface area (Å²) in [6.07, 6.45) is 2.12. The van der Waals surface area contributed by atoms with Crippen LogP contribution >= 0.6 is 0 Å². The molecule has 0 spiro atoms. The summed E-state index contributed by atoms with van der Waals surface area (Å²) in [6, 6.07) is 10.6. The van der Waals surface area contributed by atoms with E-state index >= 15 is 0 Å². The molecule has 1 aromatic rings. The van der Waals surface area contributed by atoms with Crippen molar-refractivity contribution < 1.29 is 4.79 Å². The maximum absolute atomic E-state index is 12.0. The van der Waals surface area contributed by atoms with E-state index in [2.05, 4.69) is 31.1 Å². The molecule has 0 aromatic heterocycles. The number of carbonyl (C=O) groups is 1. The van der Waals surface area contributed by atoms with Gasteiger partial charge < -0.3 is 15.1 Å². The summed E-state index contributed by atoms with van der Waals surface area (Å²) < 4.78 is 0. The first kappa shape index (κ1) is 17.5.